The van der Waals surface area contributed by atoms with E-state index in [1.165, 1.54) is 28.4 Å². The van der Waals surface area contributed by atoms with Crippen LogP contribution in [0.25, 0.3) is 0 Å². The molecule has 7 nitrogen and oxygen atoms in total. The molecule has 160 valence electrons. The molecule has 2 aromatic rings. The van der Waals surface area contributed by atoms with Gasteiger partial charge in [0.15, 0.2) is 5.76 Å². The van der Waals surface area contributed by atoms with Crippen LogP contribution in [0.5, 0.6) is 5.75 Å². The predicted molar refractivity (Wildman–Crippen MR) is 114 cm³/mol. The van der Waals surface area contributed by atoms with Crippen LogP contribution in [0.3, 0.4) is 0 Å². The summed E-state index contributed by atoms with van der Waals surface area (Å²) in [7, 11) is 0. The van der Waals surface area contributed by atoms with Gasteiger partial charge in [0.25, 0.3) is 5.91 Å². The van der Waals surface area contributed by atoms with Crippen LogP contribution in [-0.4, -0.2) is 51.0 Å². The van der Waals surface area contributed by atoms with E-state index in [-0.39, 0.29) is 17.4 Å². The van der Waals surface area contributed by atoms with Crippen LogP contribution in [-0.2, 0) is 9.53 Å². The molecule has 1 aromatic carbocycles. The molecule has 1 unspecified atom stereocenters. The summed E-state index contributed by atoms with van der Waals surface area (Å²) < 4.78 is 5.56. The molecule has 2 heterocycles. The fraction of sp³-hybridized carbons (Fsp3) is 0.409. The first-order valence-electron chi connectivity index (χ1n) is 9.84. The Morgan fingerprint density at radius 3 is 2.47 bits per heavy atom. The zero-order valence-corrected chi connectivity index (χ0v) is 18.3. The molecule has 30 heavy (non-hydrogen) atoms. The van der Waals surface area contributed by atoms with Crippen molar-refractivity contribution in [2.24, 2.45) is 0 Å². The van der Waals surface area contributed by atoms with Crippen LogP contribution in [0.4, 0.5) is 0 Å². The standard InChI is InChI=1S/C22H26N2O5S/c1-12(2)29-11-5-10-24-18(15-6-8-16(25)9-7-15)17(20(27)22(24)28)19(26)21-13(3)23-14(4)30-21/h6-9,12,18,25,27H,5,10-11H2,1-4H3. The second kappa shape index (κ2) is 8.97. The smallest absolute Gasteiger partial charge is 0.290 e. The van der Waals surface area contributed by atoms with Gasteiger partial charge in [0.05, 0.1) is 33.3 Å². The molecule has 1 amide bonds. The Labute approximate surface area is 179 Å². The van der Waals surface area contributed by atoms with Crippen LogP contribution in [0, 0.1) is 13.8 Å². The molecule has 0 fully saturated rings. The third-order valence-electron chi connectivity index (χ3n) is 4.86. The molecular weight excluding hydrogens is 404 g/mol. The largest absolute Gasteiger partial charge is 0.508 e. The number of aromatic hydroxyl groups is 1. The lowest BCUT2D eigenvalue weighted by Crippen LogP contribution is -2.32. The summed E-state index contributed by atoms with van der Waals surface area (Å²) in [6.45, 7) is 8.19. The summed E-state index contributed by atoms with van der Waals surface area (Å²) in [4.78, 5) is 32.4. The number of amides is 1. The number of aryl methyl sites for hydroxylation is 2. The molecule has 0 radical (unpaired) electrons. The lowest BCUT2D eigenvalue weighted by molar-refractivity contribution is -0.129. The molecule has 1 aromatic heterocycles. The fourth-order valence-corrected chi connectivity index (χ4v) is 4.41. The number of aliphatic hydroxyl groups is 1. The number of rotatable bonds is 8. The van der Waals surface area contributed by atoms with Gasteiger partial charge in [0.1, 0.15) is 5.75 Å². The topological polar surface area (TPSA) is 100.0 Å². The van der Waals surface area contributed by atoms with Crippen molar-refractivity contribution in [1.82, 2.24) is 9.88 Å². The Morgan fingerprint density at radius 1 is 1.23 bits per heavy atom. The van der Waals surface area contributed by atoms with Crippen molar-refractivity contribution < 1.29 is 24.5 Å². The summed E-state index contributed by atoms with van der Waals surface area (Å²) in [5, 5.41) is 21.1. The quantitative estimate of drug-likeness (QED) is 0.487. The maximum atomic E-state index is 13.4. The molecular formula is C22H26N2O5S. The van der Waals surface area contributed by atoms with E-state index in [9.17, 15) is 19.8 Å². The highest BCUT2D eigenvalue weighted by Gasteiger charge is 2.44. The number of phenols is 1. The first-order valence-corrected chi connectivity index (χ1v) is 10.7. The van der Waals surface area contributed by atoms with Gasteiger partial charge in [-0.15, -0.1) is 11.3 Å². The normalized spacial score (nSPS) is 16.8. The molecule has 0 bridgehead atoms. The van der Waals surface area contributed by atoms with Crippen molar-refractivity contribution in [3.8, 4) is 5.75 Å². The second-order valence-electron chi connectivity index (χ2n) is 7.50. The molecule has 8 heteroatoms. The zero-order chi connectivity index (χ0) is 22.0. The fourth-order valence-electron chi connectivity index (χ4n) is 3.54. The summed E-state index contributed by atoms with van der Waals surface area (Å²) in [6.07, 6.45) is 0.639. The minimum atomic E-state index is -0.744. The monoisotopic (exact) mass is 430 g/mol. The van der Waals surface area contributed by atoms with Crippen LogP contribution >= 0.6 is 11.3 Å². The van der Waals surface area contributed by atoms with Crippen molar-refractivity contribution in [1.29, 1.82) is 0 Å². The number of aliphatic hydroxyl groups excluding tert-OH is 1. The Bertz CT molecular complexity index is 978. The maximum absolute atomic E-state index is 13.4. The van der Waals surface area contributed by atoms with Crippen LogP contribution in [0.1, 0.15) is 52.2 Å². The van der Waals surface area contributed by atoms with E-state index in [4.69, 9.17) is 4.74 Å². The van der Waals surface area contributed by atoms with Crippen LogP contribution in [0.2, 0.25) is 0 Å². The van der Waals surface area contributed by atoms with Crippen LogP contribution < -0.4 is 0 Å². The maximum Gasteiger partial charge on any atom is 0.290 e. The third kappa shape index (κ3) is 4.39. The van der Waals surface area contributed by atoms with E-state index in [1.54, 1.807) is 26.0 Å². The molecule has 1 aliphatic rings. The third-order valence-corrected chi connectivity index (χ3v) is 5.93. The van der Waals surface area contributed by atoms with Gasteiger partial charge in [-0.25, -0.2) is 4.98 Å². The average molecular weight is 431 g/mol. The first kappa shape index (κ1) is 22.0. The van der Waals surface area contributed by atoms with E-state index in [0.717, 1.165) is 5.01 Å². The lowest BCUT2D eigenvalue weighted by atomic mass is 9.95. The van der Waals surface area contributed by atoms with Crippen molar-refractivity contribution in [2.45, 2.75) is 46.3 Å². The Hall–Kier alpha value is -2.71. The summed E-state index contributed by atoms with van der Waals surface area (Å²) in [5.41, 5.74) is 1.25. The molecule has 2 N–H and O–H groups in total. The number of hydrogen-bond acceptors (Lipinski definition) is 7. The van der Waals surface area contributed by atoms with E-state index in [0.29, 0.717) is 35.7 Å². The number of thiazole rings is 1. The van der Waals surface area contributed by atoms with E-state index in [1.807, 2.05) is 13.8 Å². The molecule has 1 aliphatic heterocycles. The van der Waals surface area contributed by atoms with Gasteiger partial charge in [0, 0.05) is 13.2 Å². The minimum Gasteiger partial charge on any atom is -0.508 e. The lowest BCUT2D eigenvalue weighted by Gasteiger charge is -2.27. The second-order valence-corrected chi connectivity index (χ2v) is 8.71. The van der Waals surface area contributed by atoms with Gasteiger partial charge in [-0.3, -0.25) is 9.59 Å². The minimum absolute atomic E-state index is 0.0437. The molecule has 1 atom stereocenters. The molecule has 3 rings (SSSR count). The van der Waals surface area contributed by atoms with Gasteiger partial charge >= 0.3 is 0 Å². The SMILES string of the molecule is Cc1nc(C)c(C(=O)C2=C(O)C(=O)N(CCCOC(C)C)C2c2ccc(O)cc2)s1. The van der Waals surface area contributed by atoms with Crippen molar-refractivity contribution in [3.05, 3.63) is 56.7 Å². The van der Waals surface area contributed by atoms with E-state index < -0.39 is 23.5 Å². The number of aromatic nitrogens is 1. The predicted octanol–water partition coefficient (Wildman–Crippen LogP) is 3.86. The number of ether oxygens (including phenoxy) is 1. The molecule has 0 saturated carbocycles. The Morgan fingerprint density at radius 2 is 1.90 bits per heavy atom. The number of carbonyl (C=O) groups excluding carboxylic acids is 2. The van der Waals surface area contributed by atoms with Gasteiger partial charge in [-0.2, -0.15) is 0 Å². The number of phenolic OH excluding ortho intramolecular Hbond substituents is 1. The molecule has 0 spiro atoms. The number of carbonyl (C=O) groups is 2. The van der Waals surface area contributed by atoms with Gasteiger partial charge < -0.3 is 19.8 Å². The molecule has 0 aliphatic carbocycles. The summed E-state index contributed by atoms with van der Waals surface area (Å²) in [6, 6.07) is 5.56. The van der Waals surface area contributed by atoms with Crippen molar-refractivity contribution >= 4 is 23.0 Å². The summed E-state index contributed by atoms with van der Waals surface area (Å²) >= 11 is 1.24. The van der Waals surface area contributed by atoms with E-state index >= 15 is 0 Å². The summed E-state index contributed by atoms with van der Waals surface area (Å²) in [5.74, 6) is -1.44. The number of nitrogens with zero attached hydrogens (tertiary/aromatic N) is 2. The number of Topliss-reactive ketones (excluding diaryl/α,β-unsaturated/α-hetero) is 1. The molecule has 0 saturated heterocycles. The van der Waals surface area contributed by atoms with E-state index in [2.05, 4.69) is 4.98 Å². The number of benzene rings is 1. The highest BCUT2D eigenvalue weighted by atomic mass is 32.1. The van der Waals surface area contributed by atoms with Gasteiger partial charge in [-0.1, -0.05) is 12.1 Å². The Kier molecular flexibility index (Phi) is 6.58. The van der Waals surface area contributed by atoms with Gasteiger partial charge in [0.2, 0.25) is 5.78 Å². The Balaban J connectivity index is 1.97. The average Bonchev–Trinajstić information content (AvgIpc) is 3.15. The number of hydrogen-bond donors (Lipinski definition) is 2. The van der Waals surface area contributed by atoms with Gasteiger partial charge in [-0.05, 0) is 51.8 Å². The number of ketones is 1. The highest BCUT2D eigenvalue weighted by molar-refractivity contribution is 7.14. The van der Waals surface area contributed by atoms with Crippen LogP contribution in [0.15, 0.2) is 35.6 Å². The highest BCUT2D eigenvalue weighted by Crippen LogP contribution is 2.40. The van der Waals surface area contributed by atoms with Crippen molar-refractivity contribution in [3.63, 3.8) is 0 Å². The van der Waals surface area contributed by atoms with Crippen molar-refractivity contribution in [2.75, 3.05) is 13.2 Å². The zero-order valence-electron chi connectivity index (χ0n) is 17.5. The first-order chi connectivity index (χ1) is 14.2.